The van der Waals surface area contributed by atoms with Crippen LogP contribution >= 0.6 is 0 Å². The summed E-state index contributed by atoms with van der Waals surface area (Å²) in [6.07, 6.45) is 43.9. The predicted octanol–water partition coefficient (Wildman–Crippen LogP) is 13.7. The van der Waals surface area contributed by atoms with Gasteiger partial charge in [0.25, 0.3) is 0 Å². The van der Waals surface area contributed by atoms with E-state index in [2.05, 4.69) is 20.8 Å². The van der Waals surface area contributed by atoms with Crippen LogP contribution < -0.4 is 0 Å². The molecule has 1 nitrogen and oxygen atoms in total. The van der Waals surface area contributed by atoms with Crippen molar-refractivity contribution in [2.45, 2.75) is 226 Å². The molecule has 0 aromatic heterocycles. The molecule has 1 unspecified atom stereocenters. The Labute approximate surface area is 242 Å². The van der Waals surface area contributed by atoms with Crippen molar-refractivity contribution < 1.29 is 4.79 Å². The van der Waals surface area contributed by atoms with Gasteiger partial charge in [0.05, 0.1) is 0 Å². The first-order chi connectivity index (χ1) is 18.7. The Morgan fingerprint density at radius 2 is 0.605 bits per heavy atom. The van der Waals surface area contributed by atoms with Gasteiger partial charge < -0.3 is 0 Å². The van der Waals surface area contributed by atoms with Gasteiger partial charge in [0.1, 0.15) is 5.78 Å². The number of hydrogen-bond acceptors (Lipinski definition) is 1. The molecule has 38 heavy (non-hydrogen) atoms. The standard InChI is InChI=1S/C37H74O/c1-4-6-8-10-12-14-16-18-20-21-23-25-27-29-31-33-35-37(38)36(3)34-32-30-28-26-24-22-19-17-15-13-11-9-7-5-2/h36H,4-35H2,1-3H3. The van der Waals surface area contributed by atoms with E-state index in [1.165, 1.54) is 186 Å². The van der Waals surface area contributed by atoms with Gasteiger partial charge in [0.2, 0.25) is 0 Å². The summed E-state index contributed by atoms with van der Waals surface area (Å²) in [5.41, 5.74) is 0. The fraction of sp³-hybridized carbons (Fsp3) is 0.973. The molecule has 0 radical (unpaired) electrons. The summed E-state index contributed by atoms with van der Waals surface area (Å²) in [6, 6.07) is 0. The minimum atomic E-state index is 0.295. The number of unbranched alkanes of at least 4 members (excludes halogenated alkanes) is 28. The molecule has 0 saturated heterocycles. The van der Waals surface area contributed by atoms with Crippen molar-refractivity contribution in [1.82, 2.24) is 0 Å². The minimum absolute atomic E-state index is 0.295. The van der Waals surface area contributed by atoms with Crippen molar-refractivity contribution in [3.63, 3.8) is 0 Å². The highest BCUT2D eigenvalue weighted by Crippen LogP contribution is 2.18. The van der Waals surface area contributed by atoms with E-state index in [0.717, 1.165) is 19.3 Å². The maximum Gasteiger partial charge on any atom is 0.135 e. The van der Waals surface area contributed by atoms with Gasteiger partial charge in [-0.3, -0.25) is 4.79 Å². The first-order valence-electron chi connectivity index (χ1n) is 18.2. The zero-order valence-electron chi connectivity index (χ0n) is 27.1. The van der Waals surface area contributed by atoms with Crippen LogP contribution in [0.4, 0.5) is 0 Å². The molecule has 0 aliphatic heterocycles. The summed E-state index contributed by atoms with van der Waals surface area (Å²) >= 11 is 0. The van der Waals surface area contributed by atoms with E-state index < -0.39 is 0 Å². The fourth-order valence-corrected chi connectivity index (χ4v) is 5.90. The Balaban J connectivity index is 3.27. The van der Waals surface area contributed by atoms with Crippen LogP contribution in [0, 0.1) is 5.92 Å². The molecular weight excluding hydrogens is 460 g/mol. The van der Waals surface area contributed by atoms with E-state index in [1.54, 1.807) is 0 Å². The van der Waals surface area contributed by atoms with Crippen molar-refractivity contribution in [2.75, 3.05) is 0 Å². The van der Waals surface area contributed by atoms with Crippen LogP contribution in [0.2, 0.25) is 0 Å². The van der Waals surface area contributed by atoms with E-state index >= 15 is 0 Å². The maximum absolute atomic E-state index is 12.5. The van der Waals surface area contributed by atoms with Crippen LogP contribution in [-0.4, -0.2) is 5.78 Å². The zero-order valence-corrected chi connectivity index (χ0v) is 27.1. The highest BCUT2D eigenvalue weighted by atomic mass is 16.1. The Morgan fingerprint density at radius 3 is 0.895 bits per heavy atom. The second kappa shape index (κ2) is 32.9. The number of rotatable bonds is 33. The molecule has 0 bridgehead atoms. The van der Waals surface area contributed by atoms with Crippen LogP contribution in [0.1, 0.15) is 226 Å². The third kappa shape index (κ3) is 30.2. The van der Waals surface area contributed by atoms with Crippen LogP contribution in [0.3, 0.4) is 0 Å². The summed E-state index contributed by atoms with van der Waals surface area (Å²) in [5, 5.41) is 0. The van der Waals surface area contributed by atoms with E-state index in [4.69, 9.17) is 0 Å². The van der Waals surface area contributed by atoms with Gasteiger partial charge in [-0.1, -0.05) is 207 Å². The van der Waals surface area contributed by atoms with E-state index in [-0.39, 0.29) is 0 Å². The zero-order chi connectivity index (χ0) is 27.8. The first kappa shape index (κ1) is 37.7. The van der Waals surface area contributed by atoms with Crippen molar-refractivity contribution in [3.8, 4) is 0 Å². The fourth-order valence-electron chi connectivity index (χ4n) is 5.90. The average molecular weight is 535 g/mol. The smallest absolute Gasteiger partial charge is 0.135 e. The SMILES string of the molecule is CCCCCCCCCCCCCCCCCCC(=O)C(C)CCCCCCCCCCCCCCCC. The van der Waals surface area contributed by atoms with Crippen LogP contribution in [-0.2, 0) is 4.79 Å². The van der Waals surface area contributed by atoms with Gasteiger partial charge in [0.15, 0.2) is 0 Å². The lowest BCUT2D eigenvalue weighted by atomic mass is 9.94. The number of carbonyl (C=O) groups excluding carboxylic acids is 1. The molecule has 228 valence electrons. The predicted molar refractivity (Wildman–Crippen MR) is 173 cm³/mol. The lowest BCUT2D eigenvalue weighted by molar-refractivity contribution is -0.122. The number of ketones is 1. The molecule has 0 rings (SSSR count). The maximum atomic E-state index is 12.5. The molecular formula is C37H74O. The van der Waals surface area contributed by atoms with Crippen LogP contribution in [0.15, 0.2) is 0 Å². The molecule has 0 aromatic rings. The van der Waals surface area contributed by atoms with Crippen molar-refractivity contribution >= 4 is 5.78 Å². The number of carbonyl (C=O) groups is 1. The number of Topliss-reactive ketones (excluding diaryl/α,β-unsaturated/α-hetero) is 1. The summed E-state index contributed by atoms with van der Waals surface area (Å²) < 4.78 is 0. The largest absolute Gasteiger partial charge is 0.299 e. The summed E-state index contributed by atoms with van der Waals surface area (Å²) in [7, 11) is 0. The monoisotopic (exact) mass is 535 g/mol. The first-order valence-corrected chi connectivity index (χ1v) is 18.2. The highest BCUT2D eigenvalue weighted by Gasteiger charge is 2.11. The quantitative estimate of drug-likeness (QED) is 0.0765. The summed E-state index contributed by atoms with van der Waals surface area (Å²) in [4.78, 5) is 12.5. The molecule has 0 amide bonds. The Kier molecular flexibility index (Phi) is 32.6. The van der Waals surface area contributed by atoms with Gasteiger partial charge >= 0.3 is 0 Å². The van der Waals surface area contributed by atoms with Crippen molar-refractivity contribution in [2.24, 2.45) is 5.92 Å². The third-order valence-corrected chi connectivity index (χ3v) is 8.82. The van der Waals surface area contributed by atoms with Gasteiger partial charge in [-0.2, -0.15) is 0 Å². The van der Waals surface area contributed by atoms with Gasteiger partial charge in [0, 0.05) is 12.3 Å². The molecule has 0 aromatic carbocycles. The van der Waals surface area contributed by atoms with E-state index in [9.17, 15) is 4.79 Å². The lowest BCUT2D eigenvalue weighted by Crippen LogP contribution is -2.10. The second-order valence-electron chi connectivity index (χ2n) is 12.8. The summed E-state index contributed by atoms with van der Waals surface area (Å²) in [6.45, 7) is 6.77. The topological polar surface area (TPSA) is 17.1 Å². The second-order valence-corrected chi connectivity index (χ2v) is 12.8. The highest BCUT2D eigenvalue weighted by molar-refractivity contribution is 5.80. The average Bonchev–Trinajstić information content (AvgIpc) is 2.92. The summed E-state index contributed by atoms with van der Waals surface area (Å²) in [5.74, 6) is 0.828. The van der Waals surface area contributed by atoms with E-state index in [0.29, 0.717) is 11.7 Å². The molecule has 0 fully saturated rings. The molecule has 0 saturated carbocycles. The molecule has 0 aliphatic carbocycles. The minimum Gasteiger partial charge on any atom is -0.299 e. The van der Waals surface area contributed by atoms with Crippen molar-refractivity contribution in [1.29, 1.82) is 0 Å². The van der Waals surface area contributed by atoms with Gasteiger partial charge in [-0.15, -0.1) is 0 Å². The van der Waals surface area contributed by atoms with Crippen LogP contribution in [0.5, 0.6) is 0 Å². The number of hydrogen-bond donors (Lipinski definition) is 0. The lowest BCUT2D eigenvalue weighted by Gasteiger charge is -2.10. The third-order valence-electron chi connectivity index (χ3n) is 8.82. The van der Waals surface area contributed by atoms with Crippen molar-refractivity contribution in [3.05, 3.63) is 0 Å². The van der Waals surface area contributed by atoms with Crippen LogP contribution in [0.25, 0.3) is 0 Å². The molecule has 1 heteroatoms. The molecule has 1 atom stereocenters. The Morgan fingerprint density at radius 1 is 0.368 bits per heavy atom. The molecule has 0 N–H and O–H groups in total. The Bertz CT molecular complexity index is 442. The Hall–Kier alpha value is -0.330. The van der Waals surface area contributed by atoms with Gasteiger partial charge in [-0.25, -0.2) is 0 Å². The molecule has 0 aliphatic rings. The molecule has 0 spiro atoms. The van der Waals surface area contributed by atoms with E-state index in [1.807, 2.05) is 0 Å². The van der Waals surface area contributed by atoms with Gasteiger partial charge in [-0.05, 0) is 12.8 Å². The molecule has 0 heterocycles. The normalized spacial score (nSPS) is 12.3.